The first-order chi connectivity index (χ1) is 13.5. The summed E-state index contributed by atoms with van der Waals surface area (Å²) in [7, 11) is 0. The largest absolute Gasteiger partial charge is 0.374 e. The van der Waals surface area contributed by atoms with Crippen LogP contribution < -0.4 is 15.5 Å². The first kappa shape index (κ1) is 17.5. The number of rotatable bonds is 3. The van der Waals surface area contributed by atoms with Gasteiger partial charge in [-0.05, 0) is 26.2 Å². The van der Waals surface area contributed by atoms with Gasteiger partial charge in [-0.1, -0.05) is 0 Å². The maximum absolute atomic E-state index is 14.6. The fourth-order valence-corrected chi connectivity index (χ4v) is 4.37. The Morgan fingerprint density at radius 1 is 1.29 bits per heavy atom. The van der Waals surface area contributed by atoms with Gasteiger partial charge in [0.1, 0.15) is 11.5 Å². The molecular weight excluding hydrogens is 361 g/mol. The predicted molar refractivity (Wildman–Crippen MR) is 104 cm³/mol. The lowest BCUT2D eigenvalue weighted by atomic mass is 9.97. The van der Waals surface area contributed by atoms with Crippen LogP contribution in [0.4, 0.5) is 22.1 Å². The number of ether oxygens (including phenoxy) is 1. The van der Waals surface area contributed by atoms with Crippen LogP contribution in [0.3, 0.4) is 0 Å². The molecule has 9 heteroatoms. The van der Waals surface area contributed by atoms with Crippen molar-refractivity contribution < 1.29 is 9.13 Å². The van der Waals surface area contributed by atoms with Gasteiger partial charge in [0.2, 0.25) is 11.9 Å². The van der Waals surface area contributed by atoms with Gasteiger partial charge < -0.3 is 20.3 Å². The van der Waals surface area contributed by atoms with Crippen molar-refractivity contribution in [3.63, 3.8) is 0 Å². The summed E-state index contributed by atoms with van der Waals surface area (Å²) in [6.45, 7) is 4.23. The maximum Gasteiger partial charge on any atom is 0.227 e. The molecule has 2 aromatic heterocycles. The molecule has 28 heavy (non-hydrogen) atoms. The highest BCUT2D eigenvalue weighted by Crippen LogP contribution is 2.35. The number of halogens is 1. The van der Waals surface area contributed by atoms with Gasteiger partial charge in [-0.25, -0.2) is 19.3 Å². The molecule has 1 unspecified atom stereocenters. The highest BCUT2D eigenvalue weighted by molar-refractivity contribution is 5.64. The third kappa shape index (κ3) is 3.23. The van der Waals surface area contributed by atoms with E-state index < -0.39 is 5.67 Å². The van der Waals surface area contributed by atoms with Gasteiger partial charge in [-0.3, -0.25) is 0 Å². The van der Waals surface area contributed by atoms with Crippen molar-refractivity contribution in [2.24, 2.45) is 0 Å². The minimum absolute atomic E-state index is 0.219. The quantitative estimate of drug-likeness (QED) is 0.855. The lowest BCUT2D eigenvalue weighted by Gasteiger charge is -2.36. The van der Waals surface area contributed by atoms with Crippen molar-refractivity contribution in [3.05, 3.63) is 18.5 Å². The summed E-state index contributed by atoms with van der Waals surface area (Å²) in [5.41, 5.74) is 5.87. The molecule has 5 rings (SSSR count). The van der Waals surface area contributed by atoms with E-state index in [1.807, 2.05) is 11.0 Å². The second-order valence-electron chi connectivity index (χ2n) is 8.18. The lowest BCUT2D eigenvalue weighted by molar-refractivity contribution is 0.0989. The van der Waals surface area contributed by atoms with E-state index in [1.165, 1.54) is 0 Å². The van der Waals surface area contributed by atoms with Crippen molar-refractivity contribution in [1.82, 2.24) is 19.9 Å². The topological polar surface area (TPSA) is 93.3 Å². The van der Waals surface area contributed by atoms with Gasteiger partial charge in [0.25, 0.3) is 0 Å². The molecule has 3 fully saturated rings. The smallest absolute Gasteiger partial charge is 0.227 e. The molecule has 3 aliphatic rings. The minimum Gasteiger partial charge on any atom is -0.374 e. The summed E-state index contributed by atoms with van der Waals surface area (Å²) < 4.78 is 20.4. The van der Waals surface area contributed by atoms with Gasteiger partial charge in [-0.2, -0.15) is 4.98 Å². The number of piperidine rings is 1. The molecule has 0 aromatic carbocycles. The number of aromatic nitrogens is 4. The van der Waals surface area contributed by atoms with Crippen molar-refractivity contribution in [2.45, 2.75) is 44.0 Å². The SMILES string of the molecule is CC1(F)CCCN(c2nc(-c3cnc(N)nc3)cc(N3C[C@@H]4C[C@H]3CO4)n2)C1. The Morgan fingerprint density at radius 2 is 2.11 bits per heavy atom. The van der Waals surface area contributed by atoms with E-state index in [2.05, 4.69) is 14.9 Å². The molecule has 2 N–H and O–H groups in total. The van der Waals surface area contributed by atoms with Crippen molar-refractivity contribution in [1.29, 1.82) is 0 Å². The molecule has 3 aliphatic heterocycles. The van der Waals surface area contributed by atoms with Crippen LogP contribution in [-0.4, -0.2) is 64.0 Å². The molecule has 0 saturated carbocycles. The fraction of sp³-hybridized carbons (Fsp3) is 0.579. The number of morpholine rings is 1. The van der Waals surface area contributed by atoms with E-state index in [4.69, 9.17) is 20.4 Å². The van der Waals surface area contributed by atoms with E-state index in [1.54, 1.807) is 19.3 Å². The summed E-state index contributed by atoms with van der Waals surface area (Å²) in [6, 6.07) is 2.29. The Bertz CT molecular complexity index is 875. The molecule has 2 bridgehead atoms. The zero-order valence-corrected chi connectivity index (χ0v) is 15.9. The molecule has 5 heterocycles. The molecule has 3 atom stereocenters. The summed E-state index contributed by atoms with van der Waals surface area (Å²) in [5.74, 6) is 1.62. The number of hydrogen-bond acceptors (Lipinski definition) is 8. The van der Waals surface area contributed by atoms with E-state index >= 15 is 0 Å². The van der Waals surface area contributed by atoms with Gasteiger partial charge in [0.15, 0.2) is 0 Å². The van der Waals surface area contributed by atoms with Crippen LogP contribution in [-0.2, 0) is 4.74 Å². The average molecular weight is 385 g/mol. The van der Waals surface area contributed by atoms with Gasteiger partial charge in [0, 0.05) is 37.1 Å². The summed E-state index contributed by atoms with van der Waals surface area (Å²) in [5, 5.41) is 0. The van der Waals surface area contributed by atoms with Crippen LogP contribution in [0.1, 0.15) is 26.2 Å². The molecule has 8 nitrogen and oxygen atoms in total. The number of alkyl halides is 1. The number of anilines is 3. The molecule has 2 aromatic rings. The van der Waals surface area contributed by atoms with Crippen LogP contribution in [0.15, 0.2) is 18.5 Å². The van der Waals surface area contributed by atoms with Crippen LogP contribution in [0.25, 0.3) is 11.3 Å². The van der Waals surface area contributed by atoms with Gasteiger partial charge >= 0.3 is 0 Å². The Hall–Kier alpha value is -2.55. The first-order valence-corrected chi connectivity index (χ1v) is 9.76. The first-order valence-electron chi connectivity index (χ1n) is 9.76. The molecule has 0 amide bonds. The molecule has 148 valence electrons. The van der Waals surface area contributed by atoms with E-state index in [0.29, 0.717) is 25.0 Å². The third-order valence-corrected chi connectivity index (χ3v) is 5.79. The molecule has 3 saturated heterocycles. The second kappa shape index (κ2) is 6.51. The number of nitrogens with zero attached hydrogens (tertiary/aromatic N) is 6. The lowest BCUT2D eigenvalue weighted by Crippen LogP contribution is -2.44. The minimum atomic E-state index is -1.23. The maximum atomic E-state index is 14.6. The highest BCUT2D eigenvalue weighted by Gasteiger charge is 2.40. The normalized spacial score (nSPS) is 29.5. The Morgan fingerprint density at radius 3 is 2.79 bits per heavy atom. The van der Waals surface area contributed by atoms with Gasteiger partial charge in [0.05, 0.1) is 31.0 Å². The fourth-order valence-electron chi connectivity index (χ4n) is 4.37. The average Bonchev–Trinajstić information content (AvgIpc) is 3.31. The van der Waals surface area contributed by atoms with Crippen molar-refractivity contribution >= 4 is 17.7 Å². The van der Waals surface area contributed by atoms with Gasteiger partial charge in [-0.15, -0.1) is 0 Å². The van der Waals surface area contributed by atoms with E-state index in [9.17, 15) is 4.39 Å². The van der Waals surface area contributed by atoms with E-state index in [-0.39, 0.29) is 12.1 Å². The third-order valence-electron chi connectivity index (χ3n) is 5.79. The highest BCUT2D eigenvalue weighted by atomic mass is 19.1. The van der Waals surface area contributed by atoms with Crippen LogP contribution >= 0.6 is 0 Å². The predicted octanol–water partition coefficient (Wildman–Crippen LogP) is 1.82. The van der Waals surface area contributed by atoms with Crippen LogP contribution in [0, 0.1) is 0 Å². The molecule has 0 spiro atoms. The summed E-state index contributed by atoms with van der Waals surface area (Å²) >= 11 is 0. The Labute approximate surface area is 163 Å². The van der Waals surface area contributed by atoms with E-state index in [0.717, 1.165) is 49.6 Å². The monoisotopic (exact) mass is 385 g/mol. The summed E-state index contributed by atoms with van der Waals surface area (Å²) in [6.07, 6.45) is 5.94. The molecular formula is C19H24FN7O. The zero-order chi connectivity index (χ0) is 19.3. The van der Waals surface area contributed by atoms with Crippen LogP contribution in [0.2, 0.25) is 0 Å². The van der Waals surface area contributed by atoms with Crippen LogP contribution in [0.5, 0.6) is 0 Å². The Balaban J connectivity index is 1.55. The summed E-state index contributed by atoms with van der Waals surface area (Å²) in [4.78, 5) is 21.9. The Kier molecular flexibility index (Phi) is 4.08. The molecule has 0 radical (unpaired) electrons. The standard InChI is InChI=1S/C19H24FN7O/c1-19(20)3-2-4-26(11-19)18-24-15(12-7-22-17(21)23-8-12)6-16(25-18)27-9-14-5-13(27)10-28-14/h6-8,13-14H,2-5,9-11H2,1H3,(H2,21,22,23)/t13-,14-,19?/m0/s1. The van der Waals surface area contributed by atoms with Crippen molar-refractivity contribution in [2.75, 3.05) is 41.8 Å². The second-order valence-corrected chi connectivity index (χ2v) is 8.18. The zero-order valence-electron chi connectivity index (χ0n) is 15.9. The number of nitrogen functional groups attached to an aromatic ring is 1. The number of fused-ring (bicyclic) bond motifs is 2. The number of hydrogen-bond donors (Lipinski definition) is 1. The number of nitrogens with two attached hydrogens (primary N) is 1. The van der Waals surface area contributed by atoms with Crippen molar-refractivity contribution in [3.8, 4) is 11.3 Å². The molecule has 0 aliphatic carbocycles.